The molecule has 0 aromatic heterocycles. The van der Waals surface area contributed by atoms with Gasteiger partial charge in [0.05, 0.1) is 11.5 Å². The Hall–Kier alpha value is -2.44. The SMILES string of the molecule is CCC1(CC)NC(=O)N(Cc2cccc([N+](=O)[O-])c2)C1=O. The Kier molecular flexibility index (Phi) is 3.93. The standard InChI is InChI=1S/C14H17N3O4/c1-3-14(4-2)12(18)16(13(19)15-14)9-10-6-5-7-11(8-10)17(20)21/h5-8H,3-4,9H2,1-2H3,(H,15,19). The number of hydrogen-bond donors (Lipinski definition) is 1. The molecule has 0 bridgehead atoms. The van der Waals surface area contributed by atoms with Crippen LogP contribution in [0.3, 0.4) is 0 Å². The van der Waals surface area contributed by atoms with Crippen molar-refractivity contribution in [2.45, 2.75) is 38.8 Å². The number of non-ortho nitro benzene ring substituents is 1. The fourth-order valence-corrected chi connectivity index (χ4v) is 2.50. The summed E-state index contributed by atoms with van der Waals surface area (Å²) in [6.07, 6.45) is 1.03. The molecule has 7 nitrogen and oxygen atoms in total. The van der Waals surface area contributed by atoms with E-state index in [9.17, 15) is 19.7 Å². The predicted molar refractivity (Wildman–Crippen MR) is 75.5 cm³/mol. The first-order valence-electron chi connectivity index (χ1n) is 6.81. The molecule has 7 heteroatoms. The predicted octanol–water partition coefficient (Wildman–Crippen LogP) is 2.21. The summed E-state index contributed by atoms with van der Waals surface area (Å²) in [4.78, 5) is 35.8. The number of hydrogen-bond acceptors (Lipinski definition) is 4. The first kappa shape index (κ1) is 15.0. The van der Waals surface area contributed by atoms with Gasteiger partial charge in [0.15, 0.2) is 0 Å². The molecule has 0 aliphatic carbocycles. The molecular formula is C14H17N3O4. The zero-order chi connectivity index (χ0) is 15.6. The number of nitrogens with one attached hydrogen (secondary N) is 1. The summed E-state index contributed by atoms with van der Waals surface area (Å²) in [5.41, 5.74) is -0.356. The van der Waals surface area contributed by atoms with Gasteiger partial charge in [0.1, 0.15) is 5.54 Å². The smallest absolute Gasteiger partial charge is 0.323 e. The Morgan fingerprint density at radius 2 is 1.95 bits per heavy atom. The largest absolute Gasteiger partial charge is 0.325 e. The lowest BCUT2D eigenvalue weighted by Crippen LogP contribution is -2.45. The van der Waals surface area contributed by atoms with Gasteiger partial charge in [-0.2, -0.15) is 0 Å². The van der Waals surface area contributed by atoms with E-state index < -0.39 is 16.5 Å². The van der Waals surface area contributed by atoms with Crippen LogP contribution in [0, 0.1) is 10.1 Å². The van der Waals surface area contributed by atoms with Gasteiger partial charge in [-0.3, -0.25) is 19.8 Å². The molecule has 1 aromatic rings. The summed E-state index contributed by atoms with van der Waals surface area (Å²) in [7, 11) is 0. The van der Waals surface area contributed by atoms with E-state index in [2.05, 4.69) is 5.32 Å². The van der Waals surface area contributed by atoms with Gasteiger partial charge in [-0.25, -0.2) is 4.79 Å². The molecule has 1 saturated heterocycles. The normalized spacial score (nSPS) is 17.0. The highest BCUT2D eigenvalue weighted by Crippen LogP contribution is 2.26. The van der Waals surface area contributed by atoms with Gasteiger partial charge in [-0.05, 0) is 18.4 Å². The number of amides is 3. The lowest BCUT2D eigenvalue weighted by molar-refractivity contribution is -0.384. The first-order valence-corrected chi connectivity index (χ1v) is 6.81. The summed E-state index contributed by atoms with van der Waals surface area (Å²) in [6, 6.07) is 5.50. The average molecular weight is 291 g/mol. The number of nitro benzene ring substituents is 1. The van der Waals surface area contributed by atoms with Crippen LogP contribution >= 0.6 is 0 Å². The van der Waals surface area contributed by atoms with Crippen molar-refractivity contribution in [1.82, 2.24) is 10.2 Å². The van der Waals surface area contributed by atoms with E-state index in [0.29, 0.717) is 18.4 Å². The van der Waals surface area contributed by atoms with Gasteiger partial charge in [-0.15, -0.1) is 0 Å². The topological polar surface area (TPSA) is 92.6 Å². The minimum atomic E-state index is -0.849. The van der Waals surface area contributed by atoms with Crippen LogP contribution in [0.2, 0.25) is 0 Å². The molecule has 1 N–H and O–H groups in total. The van der Waals surface area contributed by atoms with Crippen molar-refractivity contribution < 1.29 is 14.5 Å². The maximum Gasteiger partial charge on any atom is 0.325 e. The Labute approximate surface area is 122 Å². The molecule has 1 aliphatic heterocycles. The lowest BCUT2D eigenvalue weighted by Gasteiger charge is -2.23. The molecule has 21 heavy (non-hydrogen) atoms. The van der Waals surface area contributed by atoms with Gasteiger partial charge < -0.3 is 5.32 Å². The molecule has 0 radical (unpaired) electrons. The summed E-state index contributed by atoms with van der Waals surface area (Å²) in [6.45, 7) is 3.73. The van der Waals surface area contributed by atoms with Crippen molar-refractivity contribution >= 4 is 17.6 Å². The van der Waals surface area contributed by atoms with E-state index in [1.165, 1.54) is 12.1 Å². The van der Waals surface area contributed by atoms with Crippen LogP contribution in [-0.4, -0.2) is 27.3 Å². The van der Waals surface area contributed by atoms with Crippen LogP contribution in [0.4, 0.5) is 10.5 Å². The molecule has 2 rings (SSSR count). The van der Waals surface area contributed by atoms with Gasteiger partial charge >= 0.3 is 6.03 Å². The van der Waals surface area contributed by atoms with Gasteiger partial charge in [0.25, 0.3) is 11.6 Å². The number of carbonyl (C=O) groups is 2. The Morgan fingerprint density at radius 3 is 2.48 bits per heavy atom. The summed E-state index contributed by atoms with van der Waals surface area (Å²) < 4.78 is 0. The molecular weight excluding hydrogens is 274 g/mol. The fraction of sp³-hybridized carbons (Fsp3) is 0.429. The molecule has 1 heterocycles. The Balaban J connectivity index is 2.24. The van der Waals surface area contributed by atoms with Crippen LogP contribution in [0.15, 0.2) is 24.3 Å². The Morgan fingerprint density at radius 1 is 1.29 bits per heavy atom. The third kappa shape index (κ3) is 2.58. The van der Waals surface area contributed by atoms with Gasteiger partial charge in [0.2, 0.25) is 0 Å². The molecule has 1 aliphatic rings. The van der Waals surface area contributed by atoms with E-state index >= 15 is 0 Å². The van der Waals surface area contributed by atoms with Crippen molar-refractivity contribution in [2.24, 2.45) is 0 Å². The van der Waals surface area contributed by atoms with Crippen molar-refractivity contribution in [3.05, 3.63) is 39.9 Å². The van der Waals surface area contributed by atoms with Crippen molar-refractivity contribution in [2.75, 3.05) is 0 Å². The second-order valence-electron chi connectivity index (χ2n) is 5.04. The second kappa shape index (κ2) is 5.51. The molecule has 0 unspecified atom stereocenters. The summed E-state index contributed by atoms with van der Waals surface area (Å²) >= 11 is 0. The Bertz CT molecular complexity index is 596. The summed E-state index contributed by atoms with van der Waals surface area (Å²) in [5, 5.41) is 13.5. The maximum atomic E-state index is 12.4. The van der Waals surface area contributed by atoms with Crippen LogP contribution in [0.5, 0.6) is 0 Å². The monoisotopic (exact) mass is 291 g/mol. The third-order valence-corrected chi connectivity index (χ3v) is 3.92. The third-order valence-electron chi connectivity index (χ3n) is 3.92. The molecule has 1 aromatic carbocycles. The number of urea groups is 1. The van der Waals surface area contributed by atoms with Crippen molar-refractivity contribution in [3.63, 3.8) is 0 Å². The molecule has 0 atom stereocenters. The molecule has 0 spiro atoms. The van der Waals surface area contributed by atoms with Crippen LogP contribution < -0.4 is 5.32 Å². The van der Waals surface area contributed by atoms with Gasteiger partial charge in [0, 0.05) is 12.1 Å². The lowest BCUT2D eigenvalue weighted by atomic mass is 9.93. The van der Waals surface area contributed by atoms with E-state index in [-0.39, 0.29) is 18.1 Å². The van der Waals surface area contributed by atoms with Gasteiger partial charge in [-0.1, -0.05) is 26.0 Å². The van der Waals surface area contributed by atoms with E-state index in [0.717, 1.165) is 4.90 Å². The number of imide groups is 1. The highest BCUT2D eigenvalue weighted by Gasteiger charge is 2.48. The van der Waals surface area contributed by atoms with Crippen LogP contribution in [0.25, 0.3) is 0 Å². The number of nitro groups is 1. The summed E-state index contributed by atoms with van der Waals surface area (Å²) in [5.74, 6) is -0.274. The molecule has 0 saturated carbocycles. The van der Waals surface area contributed by atoms with Crippen LogP contribution in [-0.2, 0) is 11.3 Å². The molecule has 1 fully saturated rings. The van der Waals surface area contributed by atoms with Crippen LogP contribution in [0.1, 0.15) is 32.3 Å². The highest BCUT2D eigenvalue weighted by molar-refractivity contribution is 6.06. The van der Waals surface area contributed by atoms with Crippen molar-refractivity contribution in [3.8, 4) is 0 Å². The highest BCUT2D eigenvalue weighted by atomic mass is 16.6. The van der Waals surface area contributed by atoms with E-state index in [1.54, 1.807) is 12.1 Å². The zero-order valence-corrected chi connectivity index (χ0v) is 12.0. The average Bonchev–Trinajstić information content (AvgIpc) is 2.72. The second-order valence-corrected chi connectivity index (χ2v) is 5.04. The van der Waals surface area contributed by atoms with E-state index in [1.807, 2.05) is 13.8 Å². The number of carbonyl (C=O) groups excluding carboxylic acids is 2. The minimum absolute atomic E-state index is 0.0358. The minimum Gasteiger partial charge on any atom is -0.323 e. The quantitative estimate of drug-likeness (QED) is 0.511. The zero-order valence-electron chi connectivity index (χ0n) is 12.0. The fourth-order valence-electron chi connectivity index (χ4n) is 2.50. The van der Waals surface area contributed by atoms with Crippen molar-refractivity contribution in [1.29, 1.82) is 0 Å². The molecule has 112 valence electrons. The number of nitrogens with zero attached hydrogens (tertiary/aromatic N) is 2. The number of rotatable bonds is 5. The molecule has 3 amide bonds. The maximum absolute atomic E-state index is 12.4. The first-order chi connectivity index (χ1) is 9.93. The van der Waals surface area contributed by atoms with E-state index in [4.69, 9.17) is 0 Å². The number of benzene rings is 1.